The van der Waals surface area contributed by atoms with E-state index in [9.17, 15) is 14.7 Å². The van der Waals surface area contributed by atoms with Crippen molar-refractivity contribution < 1.29 is 19.4 Å². The van der Waals surface area contributed by atoms with Crippen molar-refractivity contribution in [3.63, 3.8) is 0 Å². The van der Waals surface area contributed by atoms with Crippen LogP contribution in [0.15, 0.2) is 66.7 Å². The number of ether oxygens (including phenoxy) is 1. The van der Waals surface area contributed by atoms with E-state index in [1.165, 1.54) is 0 Å². The van der Waals surface area contributed by atoms with E-state index in [2.05, 4.69) is 0 Å². The molecule has 1 aliphatic heterocycles. The molecule has 0 spiro atoms. The molecular weight excluding hydrogens is 402 g/mol. The molecule has 1 heterocycles. The number of carbonyl (C=O) groups is 2. The van der Waals surface area contributed by atoms with E-state index in [0.29, 0.717) is 35.7 Å². The Bertz CT molecular complexity index is 1170. The maximum atomic E-state index is 13.5. The van der Waals surface area contributed by atoms with Gasteiger partial charge in [-0.2, -0.15) is 0 Å². The molecular formula is C27H27NO4. The lowest BCUT2D eigenvalue weighted by Crippen LogP contribution is -2.41. The first kappa shape index (κ1) is 21.8. The second-order valence-corrected chi connectivity index (χ2v) is 8.26. The van der Waals surface area contributed by atoms with Crippen molar-refractivity contribution >= 4 is 17.4 Å². The van der Waals surface area contributed by atoms with Gasteiger partial charge in [0.1, 0.15) is 5.75 Å². The van der Waals surface area contributed by atoms with Crippen molar-refractivity contribution in [2.45, 2.75) is 39.3 Å². The first-order valence-corrected chi connectivity index (χ1v) is 10.8. The van der Waals surface area contributed by atoms with Gasteiger partial charge in [-0.1, -0.05) is 42.0 Å². The van der Waals surface area contributed by atoms with Crippen LogP contribution in [0.5, 0.6) is 5.75 Å². The lowest BCUT2D eigenvalue weighted by molar-refractivity contribution is -0.136. The highest BCUT2D eigenvalue weighted by atomic mass is 16.5. The van der Waals surface area contributed by atoms with Crippen LogP contribution in [-0.2, 0) is 16.9 Å². The molecule has 3 aromatic rings. The number of fused-ring (bicyclic) bond motifs is 1. The number of aryl methyl sites for hydroxylation is 2. The summed E-state index contributed by atoms with van der Waals surface area (Å²) < 4.78 is 5.42. The summed E-state index contributed by atoms with van der Waals surface area (Å²) >= 11 is 0. The molecule has 1 atom stereocenters. The number of Topliss-reactive ketones (excluding diaryl/α,β-unsaturated/α-hetero) is 1. The van der Waals surface area contributed by atoms with Crippen molar-refractivity contribution in [3.05, 3.63) is 94.5 Å². The van der Waals surface area contributed by atoms with Crippen molar-refractivity contribution in [1.29, 1.82) is 0 Å². The number of amides is 1. The van der Waals surface area contributed by atoms with E-state index in [1.807, 2.05) is 51.1 Å². The number of para-hydroxylation sites is 1. The average molecular weight is 430 g/mol. The number of benzene rings is 3. The Morgan fingerprint density at radius 1 is 1.03 bits per heavy atom. The molecule has 1 amide bonds. The lowest BCUT2D eigenvalue weighted by atomic mass is 9.88. The predicted molar refractivity (Wildman–Crippen MR) is 124 cm³/mol. The summed E-state index contributed by atoms with van der Waals surface area (Å²) in [5.74, 6) is -0.101. The quantitative estimate of drug-likeness (QED) is 0.553. The van der Waals surface area contributed by atoms with Gasteiger partial charge >= 0.3 is 0 Å². The number of nitrogens with zero attached hydrogens (tertiary/aromatic N) is 1. The normalized spacial score (nSPS) is 17.4. The second-order valence-electron chi connectivity index (χ2n) is 8.26. The Hall–Kier alpha value is -3.44. The van der Waals surface area contributed by atoms with Gasteiger partial charge in [0.2, 0.25) is 0 Å². The number of rotatable bonds is 7. The summed E-state index contributed by atoms with van der Waals surface area (Å²) in [5, 5.41) is 11.5. The Balaban J connectivity index is 1.64. The minimum atomic E-state index is -1.90. The van der Waals surface area contributed by atoms with Crippen LogP contribution in [0.25, 0.3) is 0 Å². The van der Waals surface area contributed by atoms with Crippen LogP contribution in [0.4, 0.5) is 5.69 Å². The maximum Gasteiger partial charge on any atom is 0.264 e. The first-order valence-electron chi connectivity index (χ1n) is 10.8. The van der Waals surface area contributed by atoms with Crippen LogP contribution in [-0.4, -0.2) is 23.4 Å². The first-order chi connectivity index (χ1) is 15.3. The summed E-state index contributed by atoms with van der Waals surface area (Å²) in [4.78, 5) is 28.1. The number of anilines is 1. The van der Waals surface area contributed by atoms with Crippen molar-refractivity contribution in [2.24, 2.45) is 0 Å². The number of hydrogen-bond donors (Lipinski definition) is 1. The SMILES string of the molecule is CCOc1ccc(C(=O)C[C@]2(O)C(=O)N(Cc3cc(C)ccc3C)c3ccccc32)cc1. The molecule has 1 N–H and O–H groups in total. The molecule has 0 bridgehead atoms. The van der Waals surface area contributed by atoms with Crippen molar-refractivity contribution in [1.82, 2.24) is 0 Å². The fourth-order valence-electron chi connectivity index (χ4n) is 4.21. The van der Waals surface area contributed by atoms with Gasteiger partial charge in [0.15, 0.2) is 11.4 Å². The molecule has 0 fully saturated rings. The summed E-state index contributed by atoms with van der Waals surface area (Å²) in [6.45, 7) is 6.77. The predicted octanol–water partition coefficient (Wildman–Crippen LogP) is 4.71. The van der Waals surface area contributed by atoms with Crippen LogP contribution < -0.4 is 9.64 Å². The monoisotopic (exact) mass is 429 g/mol. The fourth-order valence-corrected chi connectivity index (χ4v) is 4.21. The van der Waals surface area contributed by atoms with E-state index in [-0.39, 0.29) is 12.2 Å². The van der Waals surface area contributed by atoms with Crippen molar-refractivity contribution in [3.8, 4) is 5.75 Å². The topological polar surface area (TPSA) is 66.8 Å². The Labute approximate surface area is 188 Å². The molecule has 3 aromatic carbocycles. The number of aliphatic hydroxyl groups is 1. The highest BCUT2D eigenvalue weighted by molar-refractivity contribution is 6.10. The summed E-state index contributed by atoms with van der Waals surface area (Å²) in [6.07, 6.45) is -0.319. The van der Waals surface area contributed by atoms with E-state index in [4.69, 9.17) is 4.74 Å². The molecule has 5 nitrogen and oxygen atoms in total. The number of hydrogen-bond acceptors (Lipinski definition) is 4. The van der Waals surface area contributed by atoms with Gasteiger partial charge in [0.25, 0.3) is 5.91 Å². The van der Waals surface area contributed by atoms with E-state index < -0.39 is 11.5 Å². The summed E-state index contributed by atoms with van der Waals surface area (Å²) in [5.41, 5.74) is 2.82. The van der Waals surface area contributed by atoms with Gasteiger partial charge < -0.3 is 14.7 Å². The Morgan fingerprint density at radius 2 is 1.75 bits per heavy atom. The van der Waals surface area contributed by atoms with E-state index >= 15 is 0 Å². The molecule has 0 saturated heterocycles. The molecule has 0 unspecified atom stereocenters. The van der Waals surface area contributed by atoms with Gasteiger partial charge in [-0.15, -0.1) is 0 Å². The standard InChI is InChI=1S/C27H27NO4/c1-4-32-22-13-11-20(12-14-22)25(29)16-27(31)23-7-5-6-8-24(23)28(26(27)30)17-21-15-18(2)9-10-19(21)3/h5-15,31H,4,16-17H2,1-3H3/t27-/m1/s1. The largest absolute Gasteiger partial charge is 0.494 e. The highest BCUT2D eigenvalue weighted by Gasteiger charge is 2.50. The number of ketones is 1. The summed E-state index contributed by atoms with van der Waals surface area (Å²) in [6, 6.07) is 20.0. The molecule has 1 aliphatic rings. The minimum absolute atomic E-state index is 0.299. The highest BCUT2D eigenvalue weighted by Crippen LogP contribution is 2.43. The van der Waals surface area contributed by atoms with Crippen LogP contribution >= 0.6 is 0 Å². The second kappa shape index (κ2) is 8.60. The van der Waals surface area contributed by atoms with Gasteiger partial charge in [-0.25, -0.2) is 0 Å². The fraction of sp³-hybridized carbons (Fsp3) is 0.259. The third-order valence-electron chi connectivity index (χ3n) is 5.98. The van der Waals surface area contributed by atoms with Gasteiger partial charge in [0.05, 0.1) is 25.3 Å². The molecule has 0 aromatic heterocycles. The molecule has 0 saturated carbocycles. The maximum absolute atomic E-state index is 13.5. The van der Waals surface area contributed by atoms with Crippen molar-refractivity contribution in [2.75, 3.05) is 11.5 Å². The molecule has 4 rings (SSSR count). The van der Waals surface area contributed by atoms with Gasteiger partial charge in [0, 0.05) is 11.1 Å². The third kappa shape index (κ3) is 3.92. The Kier molecular flexibility index (Phi) is 5.85. The minimum Gasteiger partial charge on any atom is -0.494 e. The van der Waals surface area contributed by atoms with Gasteiger partial charge in [-0.05, 0) is 62.2 Å². The average Bonchev–Trinajstić information content (AvgIpc) is 2.99. The zero-order valence-corrected chi connectivity index (χ0v) is 18.6. The molecule has 164 valence electrons. The summed E-state index contributed by atoms with van der Waals surface area (Å²) in [7, 11) is 0. The molecule has 0 aliphatic carbocycles. The molecule has 32 heavy (non-hydrogen) atoms. The number of carbonyl (C=O) groups excluding carboxylic acids is 2. The molecule has 5 heteroatoms. The zero-order chi connectivity index (χ0) is 22.9. The van der Waals surface area contributed by atoms with Crippen LogP contribution in [0.3, 0.4) is 0 Å². The smallest absolute Gasteiger partial charge is 0.264 e. The van der Waals surface area contributed by atoms with Crippen LogP contribution in [0.1, 0.15) is 46.0 Å². The molecule has 0 radical (unpaired) electrons. The lowest BCUT2D eigenvalue weighted by Gasteiger charge is -2.23. The van der Waals surface area contributed by atoms with E-state index in [1.54, 1.807) is 41.3 Å². The Morgan fingerprint density at radius 3 is 2.47 bits per heavy atom. The third-order valence-corrected chi connectivity index (χ3v) is 5.98. The van der Waals surface area contributed by atoms with Crippen LogP contribution in [0, 0.1) is 13.8 Å². The van der Waals surface area contributed by atoms with E-state index in [0.717, 1.165) is 16.7 Å². The van der Waals surface area contributed by atoms with Crippen LogP contribution in [0.2, 0.25) is 0 Å². The zero-order valence-electron chi connectivity index (χ0n) is 18.6. The van der Waals surface area contributed by atoms with Gasteiger partial charge in [-0.3, -0.25) is 9.59 Å².